The normalized spacial score (nSPS) is 10.6. The summed E-state index contributed by atoms with van der Waals surface area (Å²) in [6.07, 6.45) is 4.76. The molecule has 4 rings (SSSR count). The Morgan fingerprint density at radius 3 is 2.60 bits per heavy atom. The van der Waals surface area contributed by atoms with E-state index in [9.17, 15) is 4.79 Å². The van der Waals surface area contributed by atoms with Gasteiger partial charge in [0, 0.05) is 17.3 Å². The van der Waals surface area contributed by atoms with E-state index in [1.807, 2.05) is 36.4 Å². The molecule has 7 nitrogen and oxygen atoms in total. The molecule has 0 bridgehead atoms. The summed E-state index contributed by atoms with van der Waals surface area (Å²) in [5, 5.41) is 10.6. The van der Waals surface area contributed by atoms with Gasteiger partial charge in [0.15, 0.2) is 0 Å². The number of para-hydroxylation sites is 1. The van der Waals surface area contributed by atoms with Crippen LogP contribution < -0.4 is 10.6 Å². The molecule has 2 heterocycles. The number of amides is 2. The quantitative estimate of drug-likeness (QED) is 0.602. The molecule has 0 spiro atoms. The molecule has 0 fully saturated rings. The van der Waals surface area contributed by atoms with Crippen molar-refractivity contribution >= 4 is 28.3 Å². The Morgan fingerprint density at radius 2 is 1.80 bits per heavy atom. The first-order valence-corrected chi connectivity index (χ1v) is 7.66. The molecule has 0 saturated carbocycles. The number of hydrogen-bond acceptors (Lipinski definition) is 4. The number of urea groups is 1. The molecule has 0 aliphatic heterocycles. The lowest BCUT2D eigenvalue weighted by atomic mass is 10.2. The first-order chi connectivity index (χ1) is 12.3. The largest absolute Gasteiger partial charge is 0.323 e. The van der Waals surface area contributed by atoms with Crippen LogP contribution in [0.25, 0.3) is 16.6 Å². The molecular formula is C18H14N6O. The van der Waals surface area contributed by atoms with Gasteiger partial charge in [0.25, 0.3) is 0 Å². The first kappa shape index (κ1) is 14.8. The molecule has 122 valence electrons. The van der Waals surface area contributed by atoms with Gasteiger partial charge in [-0.2, -0.15) is 5.10 Å². The Balaban J connectivity index is 1.48. The fourth-order valence-electron chi connectivity index (χ4n) is 2.53. The van der Waals surface area contributed by atoms with Crippen molar-refractivity contribution in [3.8, 4) is 5.69 Å². The van der Waals surface area contributed by atoms with Crippen molar-refractivity contribution in [2.75, 3.05) is 10.6 Å². The zero-order valence-electron chi connectivity index (χ0n) is 13.1. The average molecular weight is 330 g/mol. The Bertz CT molecular complexity index is 1010. The van der Waals surface area contributed by atoms with Crippen LogP contribution in [0.5, 0.6) is 0 Å². The van der Waals surface area contributed by atoms with Crippen LogP contribution >= 0.6 is 0 Å². The third-order valence-electron chi connectivity index (χ3n) is 3.71. The van der Waals surface area contributed by atoms with Crippen LogP contribution in [0.1, 0.15) is 0 Å². The van der Waals surface area contributed by atoms with Gasteiger partial charge in [-0.15, -0.1) is 0 Å². The smallest absolute Gasteiger partial charge is 0.308 e. The lowest BCUT2D eigenvalue weighted by molar-refractivity contribution is 0.262. The monoisotopic (exact) mass is 330 g/mol. The standard InChI is InChI=1S/C18H14N6O/c25-18(23-17-9-10-20-16-4-2-1-3-15(16)17)22-13-5-7-14(8-6-13)24-12-19-11-21-24/h1-12H,(H2,20,22,23,25). The summed E-state index contributed by atoms with van der Waals surface area (Å²) in [7, 11) is 0. The molecule has 0 unspecified atom stereocenters. The molecule has 0 atom stereocenters. The fraction of sp³-hybridized carbons (Fsp3) is 0. The SMILES string of the molecule is O=C(Nc1ccc(-n2cncn2)cc1)Nc1ccnc2ccccc12. The maximum Gasteiger partial charge on any atom is 0.323 e. The van der Waals surface area contributed by atoms with Crippen molar-refractivity contribution in [3.63, 3.8) is 0 Å². The minimum Gasteiger partial charge on any atom is -0.308 e. The van der Waals surface area contributed by atoms with Crippen LogP contribution in [-0.4, -0.2) is 25.8 Å². The van der Waals surface area contributed by atoms with E-state index in [2.05, 4.69) is 25.7 Å². The number of anilines is 2. The summed E-state index contributed by atoms with van der Waals surface area (Å²) >= 11 is 0. The average Bonchev–Trinajstić information content (AvgIpc) is 3.17. The van der Waals surface area contributed by atoms with E-state index >= 15 is 0 Å². The predicted molar refractivity (Wildman–Crippen MR) is 95.7 cm³/mol. The molecule has 0 saturated heterocycles. The van der Waals surface area contributed by atoms with Gasteiger partial charge in [-0.3, -0.25) is 4.98 Å². The van der Waals surface area contributed by atoms with Gasteiger partial charge in [-0.05, 0) is 36.4 Å². The Labute approximate surface area is 143 Å². The highest BCUT2D eigenvalue weighted by Gasteiger charge is 2.06. The van der Waals surface area contributed by atoms with Gasteiger partial charge < -0.3 is 10.6 Å². The summed E-state index contributed by atoms with van der Waals surface area (Å²) in [5.74, 6) is 0. The van der Waals surface area contributed by atoms with Gasteiger partial charge in [-0.25, -0.2) is 14.5 Å². The van der Waals surface area contributed by atoms with Crippen LogP contribution in [0.15, 0.2) is 73.4 Å². The van der Waals surface area contributed by atoms with Crippen LogP contribution in [0.2, 0.25) is 0 Å². The van der Waals surface area contributed by atoms with Gasteiger partial charge in [-0.1, -0.05) is 18.2 Å². The van der Waals surface area contributed by atoms with Crippen LogP contribution in [0.3, 0.4) is 0 Å². The number of aromatic nitrogens is 4. The number of benzene rings is 2. The minimum atomic E-state index is -0.315. The van der Waals surface area contributed by atoms with Crippen molar-refractivity contribution in [1.82, 2.24) is 19.7 Å². The highest BCUT2D eigenvalue weighted by Crippen LogP contribution is 2.21. The zero-order chi connectivity index (χ0) is 17.1. The molecule has 2 aromatic heterocycles. The summed E-state index contributed by atoms with van der Waals surface area (Å²) in [4.78, 5) is 20.5. The van der Waals surface area contributed by atoms with Gasteiger partial charge in [0.2, 0.25) is 0 Å². The number of pyridine rings is 1. The van der Waals surface area contributed by atoms with Gasteiger partial charge >= 0.3 is 6.03 Å². The Kier molecular flexibility index (Phi) is 3.80. The van der Waals surface area contributed by atoms with Crippen LogP contribution in [0.4, 0.5) is 16.2 Å². The fourth-order valence-corrected chi connectivity index (χ4v) is 2.53. The highest BCUT2D eigenvalue weighted by molar-refractivity contribution is 6.05. The third kappa shape index (κ3) is 3.16. The molecular weight excluding hydrogens is 316 g/mol. The van der Waals surface area contributed by atoms with Crippen LogP contribution in [0, 0.1) is 0 Å². The zero-order valence-corrected chi connectivity index (χ0v) is 13.1. The molecule has 0 radical (unpaired) electrons. The van der Waals surface area contributed by atoms with Crippen molar-refractivity contribution in [2.45, 2.75) is 0 Å². The van der Waals surface area contributed by atoms with E-state index in [1.165, 1.54) is 6.33 Å². The maximum absolute atomic E-state index is 12.3. The van der Waals surface area contributed by atoms with E-state index in [1.54, 1.807) is 35.4 Å². The number of nitrogens with one attached hydrogen (secondary N) is 2. The summed E-state index contributed by atoms with van der Waals surface area (Å²) in [5.41, 5.74) is 3.09. The van der Waals surface area contributed by atoms with Gasteiger partial charge in [0.05, 0.1) is 16.9 Å². The van der Waals surface area contributed by atoms with E-state index in [-0.39, 0.29) is 6.03 Å². The number of carbonyl (C=O) groups is 1. The first-order valence-electron chi connectivity index (χ1n) is 7.66. The molecule has 2 amide bonds. The van der Waals surface area contributed by atoms with E-state index in [0.717, 1.165) is 16.6 Å². The highest BCUT2D eigenvalue weighted by atomic mass is 16.2. The molecule has 2 N–H and O–H groups in total. The Hall–Kier alpha value is -3.74. The van der Waals surface area contributed by atoms with Crippen molar-refractivity contribution < 1.29 is 4.79 Å². The molecule has 4 aromatic rings. The lowest BCUT2D eigenvalue weighted by Crippen LogP contribution is -2.19. The van der Waals surface area contributed by atoms with E-state index in [4.69, 9.17) is 0 Å². The van der Waals surface area contributed by atoms with Crippen molar-refractivity contribution in [1.29, 1.82) is 0 Å². The lowest BCUT2D eigenvalue weighted by Gasteiger charge is -2.10. The second-order valence-corrected chi connectivity index (χ2v) is 5.34. The number of nitrogens with zero attached hydrogens (tertiary/aromatic N) is 4. The second kappa shape index (κ2) is 6.40. The minimum absolute atomic E-state index is 0.315. The topological polar surface area (TPSA) is 84.7 Å². The van der Waals surface area contributed by atoms with Gasteiger partial charge in [0.1, 0.15) is 12.7 Å². The third-order valence-corrected chi connectivity index (χ3v) is 3.71. The molecule has 0 aliphatic carbocycles. The number of rotatable bonds is 3. The number of hydrogen-bond donors (Lipinski definition) is 2. The molecule has 0 aliphatic rings. The molecule has 25 heavy (non-hydrogen) atoms. The van der Waals surface area contributed by atoms with Crippen molar-refractivity contribution in [3.05, 3.63) is 73.4 Å². The summed E-state index contributed by atoms with van der Waals surface area (Å²) in [6.45, 7) is 0. The van der Waals surface area contributed by atoms with Crippen molar-refractivity contribution in [2.24, 2.45) is 0 Å². The van der Waals surface area contributed by atoms with E-state index in [0.29, 0.717) is 11.4 Å². The maximum atomic E-state index is 12.3. The summed E-state index contributed by atoms with van der Waals surface area (Å²) in [6, 6.07) is 16.4. The van der Waals surface area contributed by atoms with Crippen LogP contribution in [-0.2, 0) is 0 Å². The number of carbonyl (C=O) groups excluding carboxylic acids is 1. The second-order valence-electron chi connectivity index (χ2n) is 5.34. The Morgan fingerprint density at radius 1 is 0.960 bits per heavy atom. The number of fused-ring (bicyclic) bond motifs is 1. The molecule has 2 aromatic carbocycles. The summed E-state index contributed by atoms with van der Waals surface area (Å²) < 4.78 is 1.65. The predicted octanol–water partition coefficient (Wildman–Crippen LogP) is 3.46. The molecule has 7 heteroatoms. The van der Waals surface area contributed by atoms with E-state index < -0.39 is 0 Å².